The van der Waals surface area contributed by atoms with Gasteiger partial charge in [0.05, 0.1) is 12.0 Å². The van der Waals surface area contributed by atoms with Gasteiger partial charge < -0.3 is 4.90 Å². The Morgan fingerprint density at radius 3 is 2.68 bits per heavy atom. The van der Waals surface area contributed by atoms with E-state index < -0.39 is 17.1 Å². The predicted octanol–water partition coefficient (Wildman–Crippen LogP) is 2.69. The van der Waals surface area contributed by atoms with Crippen molar-refractivity contribution in [3.8, 4) is 5.69 Å². The van der Waals surface area contributed by atoms with E-state index in [9.17, 15) is 14.0 Å². The molecular weight excluding hydrogens is 438 g/mol. The van der Waals surface area contributed by atoms with Crippen LogP contribution in [0.1, 0.15) is 25.8 Å². The van der Waals surface area contributed by atoms with Crippen LogP contribution in [0.2, 0.25) is 0 Å². The van der Waals surface area contributed by atoms with Crippen LogP contribution in [0.3, 0.4) is 0 Å². The molecule has 0 N–H and O–H groups in total. The Morgan fingerprint density at radius 2 is 2.08 bits per heavy atom. The highest BCUT2D eigenvalue weighted by Gasteiger charge is 2.28. The molecular formula is C17H18FIN4O2. The number of benzene rings is 1. The van der Waals surface area contributed by atoms with E-state index in [0.717, 1.165) is 16.4 Å². The second-order valence-electron chi connectivity index (χ2n) is 5.97. The molecule has 6 nitrogen and oxygen atoms in total. The molecule has 3 rings (SSSR count). The van der Waals surface area contributed by atoms with E-state index in [2.05, 4.69) is 4.99 Å². The zero-order valence-corrected chi connectivity index (χ0v) is 16.1. The summed E-state index contributed by atoms with van der Waals surface area (Å²) in [5.41, 5.74) is -0.867. The maximum atomic E-state index is 14.5. The molecule has 1 aromatic heterocycles. The highest BCUT2D eigenvalue weighted by atomic mass is 127. The number of hydrogen-bond donors (Lipinski definition) is 0. The van der Waals surface area contributed by atoms with Gasteiger partial charge in [-0.1, -0.05) is 0 Å². The number of halogens is 2. The molecule has 0 amide bonds. The summed E-state index contributed by atoms with van der Waals surface area (Å²) in [5.74, 6) is -0.414. The summed E-state index contributed by atoms with van der Waals surface area (Å²) in [6.45, 7) is 2.66. The van der Waals surface area contributed by atoms with Crippen LogP contribution in [0.15, 0.2) is 38.8 Å². The van der Waals surface area contributed by atoms with Crippen LogP contribution in [0.4, 0.5) is 10.2 Å². The van der Waals surface area contributed by atoms with E-state index in [1.165, 1.54) is 33.7 Å². The van der Waals surface area contributed by atoms with Gasteiger partial charge in [0.15, 0.2) is 0 Å². The first-order valence-corrected chi connectivity index (χ1v) is 9.08. The summed E-state index contributed by atoms with van der Waals surface area (Å²) in [6, 6.07) is 5.78. The molecule has 0 radical (unpaired) electrons. The van der Waals surface area contributed by atoms with E-state index in [1.807, 2.05) is 36.6 Å². The average Bonchev–Trinajstić information content (AvgIpc) is 3.38. The molecule has 8 heteroatoms. The zero-order chi connectivity index (χ0) is 18.1. The lowest BCUT2D eigenvalue weighted by Gasteiger charge is -2.14. The first-order valence-electron chi connectivity index (χ1n) is 8.00. The average molecular weight is 456 g/mol. The number of aromatic nitrogens is 2. The van der Waals surface area contributed by atoms with Crippen molar-refractivity contribution >= 4 is 34.7 Å². The van der Waals surface area contributed by atoms with Crippen molar-refractivity contribution in [1.82, 2.24) is 14.0 Å². The number of nitrogens with zero attached hydrogens (tertiary/aromatic N) is 4. The van der Waals surface area contributed by atoms with Gasteiger partial charge in [-0.05, 0) is 60.6 Å². The third-order valence-corrected chi connectivity index (χ3v) is 4.74. The van der Waals surface area contributed by atoms with Crippen molar-refractivity contribution in [2.24, 2.45) is 4.99 Å². The van der Waals surface area contributed by atoms with Gasteiger partial charge in [0.1, 0.15) is 11.6 Å². The highest BCUT2D eigenvalue weighted by Crippen LogP contribution is 2.32. The maximum absolute atomic E-state index is 14.5. The van der Waals surface area contributed by atoms with Crippen LogP contribution in [-0.4, -0.2) is 34.0 Å². The standard InChI is InChI=1S/C17H18FIN4O2/c1-3-21(2)10-20-15-9-16(24)22(12-5-6-12)17(25)23(15)14-7-4-11(19)8-13(14)18/h4,7-10,12H,3,5-6H2,1-2H3. The molecule has 0 saturated heterocycles. The third kappa shape index (κ3) is 3.68. The quantitative estimate of drug-likeness (QED) is 0.395. The zero-order valence-electron chi connectivity index (χ0n) is 13.9. The minimum Gasteiger partial charge on any atom is -0.366 e. The topological polar surface area (TPSA) is 59.6 Å². The monoisotopic (exact) mass is 456 g/mol. The van der Waals surface area contributed by atoms with E-state index in [4.69, 9.17) is 0 Å². The number of aliphatic imine (C=N–C) groups is 1. The summed E-state index contributed by atoms with van der Waals surface area (Å²) in [6.07, 6.45) is 3.09. The highest BCUT2D eigenvalue weighted by molar-refractivity contribution is 14.1. The molecule has 2 aromatic rings. The first kappa shape index (κ1) is 17.8. The Bertz CT molecular complexity index is 947. The van der Waals surface area contributed by atoms with Crippen molar-refractivity contribution in [3.63, 3.8) is 0 Å². The van der Waals surface area contributed by atoms with Gasteiger partial charge in [-0.3, -0.25) is 9.36 Å². The fraction of sp³-hybridized carbons (Fsp3) is 0.353. The maximum Gasteiger partial charge on any atom is 0.337 e. The Labute approximate surface area is 157 Å². The molecule has 1 aliphatic carbocycles. The van der Waals surface area contributed by atoms with Gasteiger partial charge >= 0.3 is 5.69 Å². The van der Waals surface area contributed by atoms with Crippen molar-refractivity contribution in [3.05, 3.63) is 54.5 Å². The molecule has 1 saturated carbocycles. The van der Waals surface area contributed by atoms with Crippen LogP contribution >= 0.6 is 22.6 Å². The summed E-state index contributed by atoms with van der Waals surface area (Å²) in [4.78, 5) is 31.3. The first-order chi connectivity index (χ1) is 11.9. The van der Waals surface area contributed by atoms with E-state index >= 15 is 0 Å². The van der Waals surface area contributed by atoms with E-state index in [1.54, 1.807) is 11.0 Å². The van der Waals surface area contributed by atoms with Gasteiger partial charge in [0, 0.05) is 29.3 Å². The van der Waals surface area contributed by atoms with Crippen LogP contribution in [0, 0.1) is 9.39 Å². The van der Waals surface area contributed by atoms with E-state index in [0.29, 0.717) is 6.54 Å². The van der Waals surface area contributed by atoms with E-state index in [-0.39, 0.29) is 17.5 Å². The lowest BCUT2D eigenvalue weighted by Crippen LogP contribution is -2.38. The molecule has 1 aromatic carbocycles. The number of rotatable bonds is 5. The molecule has 0 atom stereocenters. The molecule has 1 fully saturated rings. The molecule has 0 spiro atoms. The summed E-state index contributed by atoms with van der Waals surface area (Å²) < 4.78 is 17.6. The van der Waals surface area contributed by atoms with Crippen molar-refractivity contribution < 1.29 is 4.39 Å². The minimum atomic E-state index is -0.554. The fourth-order valence-electron chi connectivity index (χ4n) is 2.44. The van der Waals surface area contributed by atoms with Gasteiger partial charge in [-0.25, -0.2) is 18.7 Å². The summed E-state index contributed by atoms with van der Waals surface area (Å²) >= 11 is 2.00. The lowest BCUT2D eigenvalue weighted by atomic mass is 10.3. The largest absolute Gasteiger partial charge is 0.366 e. The molecule has 132 valence electrons. The lowest BCUT2D eigenvalue weighted by molar-refractivity contribution is 0.550. The molecule has 0 bridgehead atoms. The van der Waals surface area contributed by atoms with Gasteiger partial charge in [0.25, 0.3) is 5.56 Å². The predicted molar refractivity (Wildman–Crippen MR) is 104 cm³/mol. The molecule has 0 aliphatic heterocycles. The molecule has 0 unspecified atom stereocenters. The number of hydrogen-bond acceptors (Lipinski definition) is 3. The van der Waals surface area contributed by atoms with Crippen molar-refractivity contribution in [2.45, 2.75) is 25.8 Å². The Kier molecular flexibility index (Phi) is 5.07. The Balaban J connectivity index is 2.25. The Hall–Kier alpha value is -1.97. The summed E-state index contributed by atoms with van der Waals surface area (Å²) in [5, 5.41) is 0. The SMILES string of the molecule is CCN(C)C=Nc1cc(=O)n(C2CC2)c(=O)n1-c1ccc(I)cc1F. The van der Waals surface area contributed by atoms with Crippen LogP contribution < -0.4 is 11.2 Å². The second kappa shape index (κ2) is 7.11. The smallest absolute Gasteiger partial charge is 0.337 e. The van der Waals surface area contributed by atoms with Crippen LogP contribution in [0.25, 0.3) is 5.69 Å². The molecule has 1 aliphatic rings. The van der Waals surface area contributed by atoms with Crippen molar-refractivity contribution in [2.75, 3.05) is 13.6 Å². The van der Waals surface area contributed by atoms with Crippen LogP contribution in [-0.2, 0) is 0 Å². The minimum absolute atomic E-state index is 0.0890. The van der Waals surface area contributed by atoms with Gasteiger partial charge in [0.2, 0.25) is 0 Å². The normalized spacial score (nSPS) is 14.2. The fourth-order valence-corrected chi connectivity index (χ4v) is 2.89. The Morgan fingerprint density at radius 1 is 1.36 bits per heavy atom. The summed E-state index contributed by atoms with van der Waals surface area (Å²) in [7, 11) is 1.82. The van der Waals surface area contributed by atoms with Crippen LogP contribution in [0.5, 0.6) is 0 Å². The van der Waals surface area contributed by atoms with Gasteiger partial charge in [-0.2, -0.15) is 0 Å². The molecule has 1 heterocycles. The molecule has 25 heavy (non-hydrogen) atoms. The third-order valence-electron chi connectivity index (χ3n) is 4.07. The van der Waals surface area contributed by atoms with Gasteiger partial charge in [-0.15, -0.1) is 0 Å². The van der Waals surface area contributed by atoms with Crippen molar-refractivity contribution in [1.29, 1.82) is 0 Å². The second-order valence-corrected chi connectivity index (χ2v) is 7.22.